The average molecular weight is 241 g/mol. The third-order valence-electron chi connectivity index (χ3n) is 3.86. The quantitative estimate of drug-likeness (QED) is 0.705. The molecule has 0 bridgehead atoms. The minimum atomic E-state index is 0.00548. The lowest BCUT2D eigenvalue weighted by Crippen LogP contribution is -2.29. The summed E-state index contributed by atoms with van der Waals surface area (Å²) in [4.78, 5) is 2.58. The Morgan fingerprint density at radius 1 is 1.29 bits per heavy atom. The molecule has 2 rings (SSSR count). The van der Waals surface area contributed by atoms with Crippen molar-refractivity contribution in [3.8, 4) is 0 Å². The Morgan fingerprint density at radius 2 is 2.12 bits per heavy atom. The van der Waals surface area contributed by atoms with Gasteiger partial charge in [-0.3, -0.25) is 0 Å². The summed E-state index contributed by atoms with van der Waals surface area (Å²) in [5.74, 6) is 0. The molecule has 2 saturated heterocycles. The van der Waals surface area contributed by atoms with Gasteiger partial charge >= 0.3 is 0 Å². The Morgan fingerprint density at radius 3 is 2.76 bits per heavy atom. The summed E-state index contributed by atoms with van der Waals surface area (Å²) in [6.07, 6.45) is 3.74. The molecule has 2 aliphatic rings. The summed E-state index contributed by atoms with van der Waals surface area (Å²) in [5.41, 5.74) is 0.510. The number of ether oxygens (including phenoxy) is 2. The highest BCUT2D eigenvalue weighted by Gasteiger charge is 2.40. The Kier molecular flexibility index (Phi) is 4.11. The molecule has 0 aromatic rings. The van der Waals surface area contributed by atoms with Gasteiger partial charge in [0.25, 0.3) is 0 Å². The zero-order chi connectivity index (χ0) is 12.4. The number of likely N-dealkylation sites (tertiary alicyclic amines) is 1. The van der Waals surface area contributed by atoms with Gasteiger partial charge in [-0.1, -0.05) is 0 Å². The van der Waals surface area contributed by atoms with E-state index in [4.69, 9.17) is 9.47 Å². The predicted octanol–water partition coefficient (Wildman–Crippen LogP) is 2.30. The number of rotatable bonds is 4. The Labute approximate surface area is 105 Å². The molecule has 3 heteroatoms. The van der Waals surface area contributed by atoms with Crippen LogP contribution in [0.15, 0.2) is 0 Å². The van der Waals surface area contributed by atoms with Crippen molar-refractivity contribution < 1.29 is 9.47 Å². The number of hydrogen-bond donors (Lipinski definition) is 0. The van der Waals surface area contributed by atoms with Crippen molar-refractivity contribution in [2.75, 3.05) is 39.5 Å². The van der Waals surface area contributed by atoms with Gasteiger partial charge in [0.1, 0.15) is 0 Å². The second-order valence-electron chi connectivity index (χ2n) is 6.64. The maximum Gasteiger partial charge on any atom is 0.0598 e. The van der Waals surface area contributed by atoms with E-state index in [1.807, 2.05) is 0 Å². The van der Waals surface area contributed by atoms with Crippen molar-refractivity contribution >= 4 is 0 Å². The molecule has 100 valence electrons. The van der Waals surface area contributed by atoms with Gasteiger partial charge in [-0.25, -0.2) is 0 Å². The summed E-state index contributed by atoms with van der Waals surface area (Å²) >= 11 is 0. The largest absolute Gasteiger partial charge is 0.381 e. The average Bonchev–Trinajstić information content (AvgIpc) is 2.84. The summed E-state index contributed by atoms with van der Waals surface area (Å²) in [7, 11) is 0. The summed E-state index contributed by atoms with van der Waals surface area (Å²) in [6, 6.07) is 0. The maximum absolute atomic E-state index is 5.75. The molecule has 0 N–H and O–H groups in total. The van der Waals surface area contributed by atoms with Crippen molar-refractivity contribution in [1.82, 2.24) is 4.90 Å². The second-order valence-corrected chi connectivity index (χ2v) is 6.64. The highest BCUT2D eigenvalue weighted by Crippen LogP contribution is 2.37. The highest BCUT2D eigenvalue weighted by molar-refractivity contribution is 4.92. The molecule has 0 amide bonds. The van der Waals surface area contributed by atoms with Crippen LogP contribution < -0.4 is 0 Å². The van der Waals surface area contributed by atoms with Crippen LogP contribution in [0.4, 0.5) is 0 Å². The van der Waals surface area contributed by atoms with E-state index in [0.29, 0.717) is 5.41 Å². The van der Waals surface area contributed by atoms with Crippen LogP contribution in [0.3, 0.4) is 0 Å². The van der Waals surface area contributed by atoms with Gasteiger partial charge < -0.3 is 14.4 Å². The Balaban J connectivity index is 1.62. The van der Waals surface area contributed by atoms with Crippen LogP contribution in [0.2, 0.25) is 0 Å². The molecule has 1 atom stereocenters. The van der Waals surface area contributed by atoms with E-state index in [-0.39, 0.29) is 5.60 Å². The number of hydrogen-bond acceptors (Lipinski definition) is 3. The zero-order valence-electron chi connectivity index (χ0n) is 11.6. The second kappa shape index (κ2) is 5.25. The van der Waals surface area contributed by atoms with E-state index in [1.54, 1.807) is 0 Å². The maximum atomic E-state index is 5.75. The molecule has 0 saturated carbocycles. The minimum Gasteiger partial charge on any atom is -0.381 e. The Bertz CT molecular complexity index is 241. The van der Waals surface area contributed by atoms with E-state index in [1.165, 1.54) is 32.5 Å². The van der Waals surface area contributed by atoms with Crippen LogP contribution in [0.5, 0.6) is 0 Å². The van der Waals surface area contributed by atoms with Crippen LogP contribution in [0.1, 0.15) is 40.0 Å². The molecule has 2 fully saturated rings. The van der Waals surface area contributed by atoms with Crippen molar-refractivity contribution in [3.05, 3.63) is 0 Å². The van der Waals surface area contributed by atoms with Gasteiger partial charge in [-0.2, -0.15) is 0 Å². The summed E-state index contributed by atoms with van der Waals surface area (Å²) in [6.45, 7) is 12.9. The van der Waals surface area contributed by atoms with Crippen LogP contribution in [-0.4, -0.2) is 50.0 Å². The van der Waals surface area contributed by atoms with Gasteiger partial charge in [-0.15, -0.1) is 0 Å². The molecule has 0 aliphatic carbocycles. The van der Waals surface area contributed by atoms with E-state index in [9.17, 15) is 0 Å². The molecule has 2 heterocycles. The smallest absolute Gasteiger partial charge is 0.0598 e. The highest BCUT2D eigenvalue weighted by atomic mass is 16.5. The third kappa shape index (κ3) is 3.94. The van der Waals surface area contributed by atoms with Gasteiger partial charge in [0.15, 0.2) is 0 Å². The Hall–Kier alpha value is -0.120. The van der Waals surface area contributed by atoms with Gasteiger partial charge in [0.2, 0.25) is 0 Å². The molecule has 2 aliphatic heterocycles. The molecule has 17 heavy (non-hydrogen) atoms. The zero-order valence-corrected chi connectivity index (χ0v) is 11.6. The lowest BCUT2D eigenvalue weighted by molar-refractivity contribution is -0.00661. The molecule has 3 nitrogen and oxygen atoms in total. The summed E-state index contributed by atoms with van der Waals surface area (Å²) < 4.78 is 11.3. The first-order chi connectivity index (χ1) is 7.99. The van der Waals surface area contributed by atoms with E-state index < -0.39 is 0 Å². The van der Waals surface area contributed by atoms with E-state index >= 15 is 0 Å². The fraction of sp³-hybridized carbons (Fsp3) is 1.00. The van der Waals surface area contributed by atoms with E-state index in [2.05, 4.69) is 25.7 Å². The SMILES string of the molecule is CC(C)(C)OCCCN1CCC2(CCOC2)C1. The topological polar surface area (TPSA) is 21.7 Å². The first-order valence-corrected chi connectivity index (χ1v) is 6.93. The molecule has 0 aromatic heterocycles. The van der Waals surface area contributed by atoms with Crippen molar-refractivity contribution in [2.45, 2.75) is 45.6 Å². The molecule has 0 aromatic carbocycles. The lowest BCUT2D eigenvalue weighted by Gasteiger charge is -2.23. The molecule has 0 radical (unpaired) electrons. The molecular weight excluding hydrogens is 214 g/mol. The van der Waals surface area contributed by atoms with Gasteiger partial charge in [0.05, 0.1) is 12.2 Å². The van der Waals surface area contributed by atoms with Gasteiger partial charge in [0, 0.05) is 31.7 Å². The standard InChI is InChI=1S/C14H27NO2/c1-13(2,3)17-9-4-7-15-8-5-14(11-15)6-10-16-12-14/h4-12H2,1-3H3. The molecule has 1 unspecified atom stereocenters. The van der Waals surface area contributed by atoms with Crippen LogP contribution in [-0.2, 0) is 9.47 Å². The first-order valence-electron chi connectivity index (χ1n) is 6.93. The predicted molar refractivity (Wildman–Crippen MR) is 69.2 cm³/mol. The first kappa shape index (κ1) is 13.3. The van der Waals surface area contributed by atoms with E-state index in [0.717, 1.165) is 26.2 Å². The van der Waals surface area contributed by atoms with Crippen LogP contribution >= 0.6 is 0 Å². The molecular formula is C14H27NO2. The third-order valence-corrected chi connectivity index (χ3v) is 3.86. The van der Waals surface area contributed by atoms with Crippen LogP contribution in [0, 0.1) is 5.41 Å². The van der Waals surface area contributed by atoms with Crippen molar-refractivity contribution in [3.63, 3.8) is 0 Å². The molecule has 1 spiro atoms. The minimum absolute atomic E-state index is 0.00548. The fourth-order valence-electron chi connectivity index (χ4n) is 2.86. The summed E-state index contributed by atoms with van der Waals surface area (Å²) in [5, 5.41) is 0. The monoisotopic (exact) mass is 241 g/mol. The van der Waals surface area contributed by atoms with Gasteiger partial charge in [-0.05, 0) is 46.6 Å². The number of nitrogens with zero attached hydrogens (tertiary/aromatic N) is 1. The normalized spacial score (nSPS) is 30.5. The van der Waals surface area contributed by atoms with Crippen LogP contribution in [0.25, 0.3) is 0 Å². The lowest BCUT2D eigenvalue weighted by atomic mass is 9.87. The fourth-order valence-corrected chi connectivity index (χ4v) is 2.86. The van der Waals surface area contributed by atoms with Crippen molar-refractivity contribution in [1.29, 1.82) is 0 Å². The van der Waals surface area contributed by atoms with Crippen molar-refractivity contribution in [2.24, 2.45) is 5.41 Å².